The topological polar surface area (TPSA) is 49.4 Å². The van der Waals surface area contributed by atoms with Crippen LogP contribution in [0, 0.1) is 0 Å². The standard InChI is InChI=1S/C29H32Cl2N2O2S/c1-29(2,3)32-28(35)26(17-21-9-5-4-6-10-21)33(18-22-11-7-13-24(30)15-22)27(34)20-36-19-23-12-8-14-25(31)16-23/h4-16,26H,17-20H2,1-3H3,(H,32,35)/t26-/m1/s1. The SMILES string of the molecule is CC(C)(C)NC(=O)[C@@H](Cc1ccccc1)N(Cc1cccc(Cl)c1)C(=O)CSCc1cccc(Cl)c1. The summed E-state index contributed by atoms with van der Waals surface area (Å²) in [6.07, 6.45) is 0.411. The van der Waals surface area contributed by atoms with E-state index in [1.807, 2.05) is 93.6 Å². The van der Waals surface area contributed by atoms with Crippen LogP contribution in [-0.2, 0) is 28.3 Å². The molecular weight excluding hydrogens is 511 g/mol. The number of benzene rings is 3. The van der Waals surface area contributed by atoms with Gasteiger partial charge in [0.1, 0.15) is 6.04 Å². The molecule has 36 heavy (non-hydrogen) atoms. The summed E-state index contributed by atoms with van der Waals surface area (Å²) >= 11 is 13.8. The van der Waals surface area contributed by atoms with Crippen LogP contribution in [0.2, 0.25) is 10.0 Å². The third kappa shape index (κ3) is 9.20. The van der Waals surface area contributed by atoms with Gasteiger partial charge in [-0.2, -0.15) is 0 Å². The fourth-order valence-electron chi connectivity index (χ4n) is 3.80. The minimum atomic E-state index is -0.676. The number of amides is 2. The van der Waals surface area contributed by atoms with Crippen molar-refractivity contribution in [1.29, 1.82) is 0 Å². The van der Waals surface area contributed by atoms with E-state index >= 15 is 0 Å². The summed E-state index contributed by atoms with van der Waals surface area (Å²) in [6.45, 7) is 6.10. The lowest BCUT2D eigenvalue weighted by atomic mass is 10.0. The summed E-state index contributed by atoms with van der Waals surface area (Å²) in [7, 11) is 0. The number of rotatable bonds is 10. The predicted octanol–water partition coefficient (Wildman–Crippen LogP) is 6.78. The van der Waals surface area contributed by atoms with Crippen LogP contribution in [0.25, 0.3) is 0 Å². The molecule has 0 saturated heterocycles. The van der Waals surface area contributed by atoms with Crippen molar-refractivity contribution in [3.8, 4) is 0 Å². The highest BCUT2D eigenvalue weighted by Gasteiger charge is 2.32. The molecule has 3 rings (SSSR count). The van der Waals surface area contributed by atoms with Crippen LogP contribution in [0.5, 0.6) is 0 Å². The number of nitrogens with one attached hydrogen (secondary N) is 1. The number of halogens is 2. The molecule has 1 atom stereocenters. The predicted molar refractivity (Wildman–Crippen MR) is 151 cm³/mol. The molecule has 190 valence electrons. The molecule has 0 radical (unpaired) electrons. The maximum atomic E-state index is 13.7. The van der Waals surface area contributed by atoms with Crippen molar-refractivity contribution in [3.63, 3.8) is 0 Å². The Morgan fingerprint density at radius 2 is 1.44 bits per heavy atom. The molecule has 0 aliphatic rings. The Labute approximate surface area is 228 Å². The molecule has 0 saturated carbocycles. The van der Waals surface area contributed by atoms with Crippen LogP contribution < -0.4 is 5.32 Å². The van der Waals surface area contributed by atoms with Gasteiger partial charge >= 0.3 is 0 Å². The fraction of sp³-hybridized carbons (Fsp3) is 0.310. The molecule has 2 amide bonds. The minimum Gasteiger partial charge on any atom is -0.350 e. The molecule has 0 aliphatic heterocycles. The largest absolute Gasteiger partial charge is 0.350 e. The smallest absolute Gasteiger partial charge is 0.243 e. The van der Waals surface area contributed by atoms with Gasteiger partial charge in [0, 0.05) is 34.3 Å². The highest BCUT2D eigenvalue weighted by atomic mass is 35.5. The molecule has 3 aromatic carbocycles. The maximum Gasteiger partial charge on any atom is 0.243 e. The second kappa shape index (κ2) is 13.2. The van der Waals surface area contributed by atoms with Crippen molar-refractivity contribution >= 4 is 46.8 Å². The zero-order valence-corrected chi connectivity index (χ0v) is 23.2. The van der Waals surface area contributed by atoms with E-state index < -0.39 is 11.6 Å². The van der Waals surface area contributed by atoms with Crippen LogP contribution in [0.3, 0.4) is 0 Å². The molecule has 3 aromatic rings. The molecular formula is C29H32Cl2N2O2S. The average Bonchev–Trinajstić information content (AvgIpc) is 2.81. The van der Waals surface area contributed by atoms with Crippen molar-refractivity contribution in [1.82, 2.24) is 10.2 Å². The van der Waals surface area contributed by atoms with Gasteiger partial charge in [-0.05, 0) is 61.7 Å². The normalized spacial score (nSPS) is 12.1. The number of hydrogen-bond acceptors (Lipinski definition) is 3. The molecule has 7 heteroatoms. The molecule has 0 unspecified atom stereocenters. The Bertz CT molecular complexity index is 1170. The Kier molecular flexibility index (Phi) is 10.3. The third-order valence-corrected chi connectivity index (χ3v) is 6.85. The molecule has 0 spiro atoms. The first kappa shape index (κ1) is 28.1. The highest BCUT2D eigenvalue weighted by molar-refractivity contribution is 7.99. The van der Waals surface area contributed by atoms with E-state index in [4.69, 9.17) is 23.2 Å². The lowest BCUT2D eigenvalue weighted by molar-refractivity contribution is -0.140. The van der Waals surface area contributed by atoms with Gasteiger partial charge in [0.05, 0.1) is 5.75 Å². The van der Waals surface area contributed by atoms with Crippen LogP contribution in [0.15, 0.2) is 78.9 Å². The number of thioether (sulfide) groups is 1. The molecule has 0 aliphatic carbocycles. The quantitative estimate of drug-likeness (QED) is 0.307. The van der Waals surface area contributed by atoms with Gasteiger partial charge in [-0.3, -0.25) is 9.59 Å². The van der Waals surface area contributed by atoms with Crippen LogP contribution in [0.4, 0.5) is 0 Å². The van der Waals surface area contributed by atoms with Gasteiger partial charge in [0.25, 0.3) is 0 Å². The minimum absolute atomic E-state index is 0.105. The first-order chi connectivity index (χ1) is 17.1. The second-order valence-corrected chi connectivity index (χ2v) is 11.6. The maximum absolute atomic E-state index is 13.7. The first-order valence-corrected chi connectivity index (χ1v) is 13.7. The molecule has 4 nitrogen and oxygen atoms in total. The monoisotopic (exact) mass is 542 g/mol. The van der Waals surface area contributed by atoms with Gasteiger partial charge in [-0.25, -0.2) is 0 Å². The summed E-state index contributed by atoms with van der Waals surface area (Å²) in [4.78, 5) is 28.9. The lowest BCUT2D eigenvalue weighted by Gasteiger charge is -2.34. The van der Waals surface area contributed by atoms with E-state index in [1.54, 1.807) is 11.0 Å². The van der Waals surface area contributed by atoms with Gasteiger partial charge in [0.2, 0.25) is 11.8 Å². The van der Waals surface area contributed by atoms with Crippen LogP contribution in [-0.4, -0.2) is 34.0 Å². The molecule has 0 bridgehead atoms. The Hall–Kier alpha value is -2.47. The van der Waals surface area contributed by atoms with Crippen molar-refractivity contribution in [2.24, 2.45) is 0 Å². The van der Waals surface area contributed by atoms with E-state index in [1.165, 1.54) is 11.8 Å². The average molecular weight is 544 g/mol. The number of nitrogens with zero attached hydrogens (tertiary/aromatic N) is 1. The third-order valence-electron chi connectivity index (χ3n) is 5.39. The molecule has 0 aromatic heterocycles. The fourth-order valence-corrected chi connectivity index (χ4v) is 5.09. The van der Waals surface area contributed by atoms with Gasteiger partial charge < -0.3 is 10.2 Å². The van der Waals surface area contributed by atoms with E-state index in [9.17, 15) is 9.59 Å². The van der Waals surface area contributed by atoms with E-state index in [0.29, 0.717) is 22.2 Å². The van der Waals surface area contributed by atoms with Crippen LogP contribution in [0.1, 0.15) is 37.5 Å². The molecule has 0 heterocycles. The zero-order valence-electron chi connectivity index (χ0n) is 20.8. The van der Waals surface area contributed by atoms with Crippen molar-refractivity contribution in [2.75, 3.05) is 5.75 Å². The Morgan fingerprint density at radius 3 is 2.06 bits per heavy atom. The Morgan fingerprint density at radius 1 is 0.861 bits per heavy atom. The van der Waals surface area contributed by atoms with Gasteiger partial charge in [-0.1, -0.05) is 77.8 Å². The van der Waals surface area contributed by atoms with Gasteiger partial charge in [-0.15, -0.1) is 11.8 Å². The van der Waals surface area contributed by atoms with Crippen molar-refractivity contribution in [3.05, 3.63) is 106 Å². The zero-order chi connectivity index (χ0) is 26.1. The van der Waals surface area contributed by atoms with Crippen molar-refractivity contribution < 1.29 is 9.59 Å². The van der Waals surface area contributed by atoms with Gasteiger partial charge in [0.15, 0.2) is 0 Å². The second-order valence-electron chi connectivity index (χ2n) is 9.72. The summed E-state index contributed by atoms with van der Waals surface area (Å²) in [5.41, 5.74) is 2.48. The lowest BCUT2D eigenvalue weighted by Crippen LogP contribution is -2.54. The number of hydrogen-bond donors (Lipinski definition) is 1. The summed E-state index contributed by atoms with van der Waals surface area (Å²) < 4.78 is 0. The highest BCUT2D eigenvalue weighted by Crippen LogP contribution is 2.21. The van der Waals surface area contributed by atoms with E-state index in [-0.39, 0.29) is 24.1 Å². The summed E-state index contributed by atoms with van der Waals surface area (Å²) in [5, 5.41) is 4.34. The number of carbonyl (C=O) groups is 2. The summed E-state index contributed by atoms with van der Waals surface area (Å²) in [5.74, 6) is 0.601. The molecule has 1 N–H and O–H groups in total. The Balaban J connectivity index is 1.87. The number of carbonyl (C=O) groups excluding carboxylic acids is 2. The van der Waals surface area contributed by atoms with Crippen molar-refractivity contribution in [2.45, 2.75) is 51.1 Å². The summed E-state index contributed by atoms with van der Waals surface area (Å²) in [6, 6.07) is 24.1. The van der Waals surface area contributed by atoms with E-state index in [0.717, 1.165) is 16.7 Å². The molecule has 0 fully saturated rings. The van der Waals surface area contributed by atoms with Crippen LogP contribution >= 0.6 is 35.0 Å². The first-order valence-electron chi connectivity index (χ1n) is 11.8. The van der Waals surface area contributed by atoms with E-state index in [2.05, 4.69) is 5.32 Å².